The van der Waals surface area contributed by atoms with E-state index in [4.69, 9.17) is 14.4 Å². The monoisotopic (exact) mass is 366 g/mol. The van der Waals surface area contributed by atoms with Crippen molar-refractivity contribution in [3.8, 4) is 0 Å². The van der Waals surface area contributed by atoms with E-state index in [0.717, 1.165) is 11.1 Å². The van der Waals surface area contributed by atoms with Gasteiger partial charge >= 0.3 is 0 Å². The maximum absolute atomic E-state index is 12.4. The Kier molecular flexibility index (Phi) is 6.20. The molecule has 140 valence electrons. The number of nitrogens with zero attached hydrogens (tertiary/aromatic N) is 1. The number of hydrogen-bond donors (Lipinski definition) is 2. The predicted molar refractivity (Wildman–Crippen MR) is 103 cm³/mol. The number of rotatable bonds is 3. The summed E-state index contributed by atoms with van der Waals surface area (Å²) in [5.41, 5.74) is 2.84. The van der Waals surface area contributed by atoms with E-state index in [2.05, 4.69) is 22.6 Å². The Hall–Kier alpha value is -3.15. The van der Waals surface area contributed by atoms with Gasteiger partial charge in [-0.25, -0.2) is 0 Å². The van der Waals surface area contributed by atoms with Crippen LogP contribution < -0.4 is 5.32 Å². The fraction of sp³-hybridized carbons (Fsp3) is 0.286. The van der Waals surface area contributed by atoms with Gasteiger partial charge in [0.2, 0.25) is 5.76 Å². The van der Waals surface area contributed by atoms with E-state index < -0.39 is 0 Å². The van der Waals surface area contributed by atoms with Crippen molar-refractivity contribution in [2.75, 3.05) is 5.32 Å². The number of carbonyl (C=O) groups excluding carboxylic acids is 1. The molecule has 1 aliphatic rings. The number of carboxylic acid groups (broad SMARTS) is 1. The molecule has 0 bridgehead atoms. The van der Waals surface area contributed by atoms with Crippen molar-refractivity contribution in [3.63, 3.8) is 0 Å². The van der Waals surface area contributed by atoms with Crippen LogP contribution in [0.1, 0.15) is 54.1 Å². The fourth-order valence-corrected chi connectivity index (χ4v) is 3.52. The Morgan fingerprint density at radius 1 is 1.07 bits per heavy atom. The van der Waals surface area contributed by atoms with Gasteiger partial charge in [0.25, 0.3) is 12.4 Å². The van der Waals surface area contributed by atoms with Gasteiger partial charge in [-0.05, 0) is 48.6 Å². The summed E-state index contributed by atoms with van der Waals surface area (Å²) in [4.78, 5) is 20.8. The summed E-state index contributed by atoms with van der Waals surface area (Å²) >= 11 is 0. The molecule has 1 amide bonds. The molecule has 0 atom stereocenters. The standard InChI is InChI=1S/C20H20N2O2.CH2O2/c23-20(19-17-8-4-5-9-18(17)22-24-19)21-16-12-10-15(11-13-16)14-6-2-1-3-7-14;2-1-3/h4-5,8-14H,1-3,6-7H2,(H,21,23);1H,(H,2,3). The van der Waals surface area contributed by atoms with Crippen molar-refractivity contribution in [2.45, 2.75) is 38.0 Å². The third-order valence-electron chi connectivity index (χ3n) is 4.84. The van der Waals surface area contributed by atoms with Crippen LogP contribution in [0.4, 0.5) is 5.69 Å². The average molecular weight is 366 g/mol. The molecule has 1 heterocycles. The average Bonchev–Trinajstić information content (AvgIpc) is 3.14. The molecule has 0 unspecified atom stereocenters. The maximum atomic E-state index is 12.4. The van der Waals surface area contributed by atoms with Crippen LogP contribution in [0, 0.1) is 0 Å². The molecule has 27 heavy (non-hydrogen) atoms. The van der Waals surface area contributed by atoms with Crippen LogP contribution in [0.5, 0.6) is 0 Å². The lowest BCUT2D eigenvalue weighted by Gasteiger charge is -2.22. The Morgan fingerprint density at radius 2 is 1.74 bits per heavy atom. The number of hydrogen-bond acceptors (Lipinski definition) is 4. The second kappa shape index (κ2) is 8.98. The van der Waals surface area contributed by atoms with Crippen LogP contribution in [0.2, 0.25) is 0 Å². The van der Waals surface area contributed by atoms with Gasteiger partial charge in [0.15, 0.2) is 0 Å². The Balaban J connectivity index is 0.000000659. The highest BCUT2D eigenvalue weighted by molar-refractivity contribution is 6.10. The summed E-state index contributed by atoms with van der Waals surface area (Å²) in [5, 5.41) is 14.4. The number of carbonyl (C=O) groups is 2. The van der Waals surface area contributed by atoms with Crippen LogP contribution in [0.15, 0.2) is 53.1 Å². The fourth-order valence-electron chi connectivity index (χ4n) is 3.52. The van der Waals surface area contributed by atoms with E-state index in [1.807, 2.05) is 36.4 Å². The van der Waals surface area contributed by atoms with Gasteiger partial charge in [0.1, 0.15) is 5.52 Å². The van der Waals surface area contributed by atoms with E-state index >= 15 is 0 Å². The van der Waals surface area contributed by atoms with Crippen molar-refractivity contribution < 1.29 is 19.2 Å². The second-order valence-corrected chi connectivity index (χ2v) is 6.55. The molecule has 1 saturated carbocycles. The lowest BCUT2D eigenvalue weighted by Crippen LogP contribution is -2.11. The van der Waals surface area contributed by atoms with E-state index in [1.54, 1.807) is 0 Å². The first-order valence-electron chi connectivity index (χ1n) is 9.06. The predicted octanol–water partition coefficient (Wildman–Crippen LogP) is 4.83. The number of amides is 1. The smallest absolute Gasteiger partial charge is 0.294 e. The van der Waals surface area contributed by atoms with Gasteiger partial charge in [0.05, 0.1) is 5.39 Å². The highest BCUT2D eigenvalue weighted by Gasteiger charge is 2.18. The quantitative estimate of drug-likeness (QED) is 0.648. The van der Waals surface area contributed by atoms with Crippen LogP contribution in [-0.4, -0.2) is 22.6 Å². The number of benzene rings is 2. The van der Waals surface area contributed by atoms with Gasteiger partial charge in [-0.3, -0.25) is 9.59 Å². The third-order valence-corrected chi connectivity index (χ3v) is 4.84. The molecule has 2 aromatic carbocycles. The zero-order valence-electron chi connectivity index (χ0n) is 14.9. The SMILES string of the molecule is O=C(Nc1ccc(C2CCCCC2)cc1)c1onc2ccccc12.O=CO. The highest BCUT2D eigenvalue weighted by Crippen LogP contribution is 2.33. The molecule has 1 aromatic heterocycles. The van der Waals surface area contributed by atoms with Gasteiger partial charge in [-0.15, -0.1) is 0 Å². The molecule has 6 heteroatoms. The molecular weight excluding hydrogens is 344 g/mol. The Labute approximate surface area is 157 Å². The van der Waals surface area contributed by atoms with Crippen LogP contribution in [0.25, 0.3) is 10.9 Å². The van der Waals surface area contributed by atoms with Crippen LogP contribution in [0.3, 0.4) is 0 Å². The van der Waals surface area contributed by atoms with Gasteiger partial charge in [-0.2, -0.15) is 0 Å². The largest absolute Gasteiger partial charge is 0.483 e. The molecule has 1 aliphatic carbocycles. The van der Waals surface area contributed by atoms with Gasteiger partial charge in [-0.1, -0.05) is 48.7 Å². The van der Waals surface area contributed by atoms with Gasteiger partial charge in [0, 0.05) is 5.69 Å². The minimum Gasteiger partial charge on any atom is -0.483 e. The molecule has 0 saturated heterocycles. The molecule has 0 spiro atoms. The molecule has 6 nitrogen and oxygen atoms in total. The first kappa shape index (κ1) is 18.6. The molecular formula is C21H22N2O4. The molecule has 0 radical (unpaired) electrons. The minimum atomic E-state index is -0.269. The topological polar surface area (TPSA) is 92.4 Å². The van der Waals surface area contributed by atoms with E-state index in [0.29, 0.717) is 11.4 Å². The Bertz CT molecular complexity index is 896. The first-order valence-corrected chi connectivity index (χ1v) is 9.06. The molecule has 1 fully saturated rings. The van der Waals surface area contributed by atoms with Crippen molar-refractivity contribution in [3.05, 3.63) is 59.9 Å². The third kappa shape index (κ3) is 4.53. The summed E-state index contributed by atoms with van der Waals surface area (Å²) in [6.07, 6.45) is 6.55. The summed E-state index contributed by atoms with van der Waals surface area (Å²) < 4.78 is 5.21. The summed E-state index contributed by atoms with van der Waals surface area (Å²) in [5.74, 6) is 0.651. The first-order chi connectivity index (χ1) is 13.2. The molecule has 0 aliphatic heterocycles. The second-order valence-electron chi connectivity index (χ2n) is 6.55. The zero-order valence-corrected chi connectivity index (χ0v) is 14.9. The number of anilines is 1. The summed E-state index contributed by atoms with van der Waals surface area (Å²) in [7, 11) is 0. The van der Waals surface area contributed by atoms with Crippen molar-refractivity contribution >= 4 is 29.0 Å². The van der Waals surface area contributed by atoms with Crippen molar-refractivity contribution in [1.29, 1.82) is 0 Å². The highest BCUT2D eigenvalue weighted by atomic mass is 16.5. The van der Waals surface area contributed by atoms with Crippen molar-refractivity contribution in [1.82, 2.24) is 5.16 Å². The number of nitrogens with one attached hydrogen (secondary N) is 1. The number of fused-ring (bicyclic) bond motifs is 1. The van der Waals surface area contributed by atoms with E-state index in [-0.39, 0.29) is 18.1 Å². The zero-order chi connectivity index (χ0) is 19.1. The molecule has 2 N–H and O–H groups in total. The van der Waals surface area contributed by atoms with Crippen molar-refractivity contribution in [2.24, 2.45) is 0 Å². The number of aromatic nitrogens is 1. The minimum absolute atomic E-state index is 0.250. The lowest BCUT2D eigenvalue weighted by atomic mass is 9.84. The van der Waals surface area contributed by atoms with E-state index in [9.17, 15) is 4.79 Å². The van der Waals surface area contributed by atoms with Crippen LogP contribution in [-0.2, 0) is 4.79 Å². The van der Waals surface area contributed by atoms with E-state index in [1.165, 1.54) is 37.7 Å². The summed E-state index contributed by atoms with van der Waals surface area (Å²) in [6.45, 7) is -0.250. The Morgan fingerprint density at radius 3 is 2.44 bits per heavy atom. The normalized spacial score (nSPS) is 14.2. The van der Waals surface area contributed by atoms with Gasteiger partial charge < -0.3 is 14.9 Å². The maximum Gasteiger partial charge on any atom is 0.294 e. The lowest BCUT2D eigenvalue weighted by molar-refractivity contribution is -0.122. The van der Waals surface area contributed by atoms with Crippen LogP contribution >= 0.6 is 0 Å². The molecule has 3 aromatic rings. The summed E-state index contributed by atoms with van der Waals surface area (Å²) in [6, 6.07) is 15.6. The molecule has 4 rings (SSSR count).